The van der Waals surface area contributed by atoms with Crippen LogP contribution in [0.25, 0.3) is 10.9 Å². The number of benzene rings is 1. The molecule has 0 saturated carbocycles. The van der Waals surface area contributed by atoms with Gasteiger partial charge in [0.15, 0.2) is 0 Å². The lowest BCUT2D eigenvalue weighted by atomic mass is 9.94. The number of thiophene rings is 1. The number of fused-ring (bicyclic) bond motifs is 1. The van der Waals surface area contributed by atoms with Crippen molar-refractivity contribution >= 4 is 32.3 Å². The fraction of sp³-hybridized carbons (Fsp3) is 0.400. The van der Waals surface area contributed by atoms with E-state index < -0.39 is 10.0 Å². The molecular weight excluding hydrogens is 364 g/mol. The van der Waals surface area contributed by atoms with E-state index in [9.17, 15) is 8.42 Å². The molecule has 6 heteroatoms. The Labute approximate surface area is 159 Å². The molecule has 26 heavy (non-hydrogen) atoms. The van der Waals surface area contributed by atoms with E-state index in [4.69, 9.17) is 0 Å². The van der Waals surface area contributed by atoms with Crippen molar-refractivity contribution in [2.45, 2.75) is 36.3 Å². The Hall–Kier alpha value is -1.63. The molecule has 0 N–H and O–H groups in total. The molecule has 0 unspecified atom stereocenters. The first-order chi connectivity index (χ1) is 12.5. The van der Waals surface area contributed by atoms with Crippen molar-refractivity contribution in [3.05, 3.63) is 53.0 Å². The van der Waals surface area contributed by atoms with Gasteiger partial charge in [-0.2, -0.15) is 4.31 Å². The second kappa shape index (κ2) is 6.83. The summed E-state index contributed by atoms with van der Waals surface area (Å²) >= 11 is 1.40. The molecule has 4 nitrogen and oxygen atoms in total. The Balaban J connectivity index is 1.52. The number of aromatic nitrogens is 1. The zero-order valence-electron chi connectivity index (χ0n) is 15.2. The van der Waals surface area contributed by atoms with Crippen LogP contribution in [0.2, 0.25) is 0 Å². The lowest BCUT2D eigenvalue weighted by molar-refractivity contribution is 0.315. The first-order valence-electron chi connectivity index (χ1n) is 9.14. The highest BCUT2D eigenvalue weighted by atomic mass is 32.2. The van der Waals surface area contributed by atoms with Crippen molar-refractivity contribution in [3.63, 3.8) is 0 Å². The summed E-state index contributed by atoms with van der Waals surface area (Å²) < 4.78 is 30.2. The maximum atomic E-state index is 12.9. The number of piperidine rings is 1. The molecule has 3 aromatic rings. The van der Waals surface area contributed by atoms with Gasteiger partial charge in [-0.15, -0.1) is 11.3 Å². The molecule has 0 spiro atoms. The molecule has 3 heterocycles. The first-order valence-corrected chi connectivity index (χ1v) is 11.4. The zero-order chi connectivity index (χ0) is 18.3. The van der Waals surface area contributed by atoms with Crippen LogP contribution < -0.4 is 0 Å². The van der Waals surface area contributed by atoms with E-state index in [1.165, 1.54) is 27.9 Å². The Kier molecular flexibility index (Phi) is 4.67. The number of para-hydroxylation sites is 1. The summed E-state index contributed by atoms with van der Waals surface area (Å²) in [5.74, 6) is 0.411. The Morgan fingerprint density at radius 2 is 1.85 bits per heavy atom. The van der Waals surface area contributed by atoms with Gasteiger partial charge in [-0.3, -0.25) is 0 Å². The number of sulfonamides is 1. The van der Waals surface area contributed by atoms with Crippen LogP contribution in [0, 0.1) is 0 Å². The fourth-order valence-electron chi connectivity index (χ4n) is 3.91. The van der Waals surface area contributed by atoms with Gasteiger partial charge in [-0.25, -0.2) is 8.42 Å². The summed E-state index contributed by atoms with van der Waals surface area (Å²) in [5, 5.41) is 1.26. The van der Waals surface area contributed by atoms with Gasteiger partial charge in [0.2, 0.25) is 0 Å². The van der Waals surface area contributed by atoms with Gasteiger partial charge in [0, 0.05) is 42.1 Å². The highest BCUT2D eigenvalue weighted by Gasteiger charge is 2.31. The van der Waals surface area contributed by atoms with Crippen molar-refractivity contribution in [2.75, 3.05) is 13.1 Å². The molecule has 2 aromatic heterocycles. The Morgan fingerprint density at radius 1 is 1.12 bits per heavy atom. The average molecular weight is 389 g/mol. The smallest absolute Gasteiger partial charge is 0.252 e. The largest absolute Gasteiger partial charge is 0.347 e. The second-order valence-electron chi connectivity index (χ2n) is 6.94. The Morgan fingerprint density at radius 3 is 2.50 bits per heavy atom. The van der Waals surface area contributed by atoms with E-state index in [2.05, 4.69) is 48.9 Å². The van der Waals surface area contributed by atoms with Crippen molar-refractivity contribution < 1.29 is 8.42 Å². The molecule has 0 atom stereocenters. The van der Waals surface area contributed by atoms with E-state index in [0.717, 1.165) is 24.1 Å². The van der Waals surface area contributed by atoms with Crippen molar-refractivity contribution in [1.82, 2.24) is 8.87 Å². The van der Waals surface area contributed by atoms with Crippen molar-refractivity contribution in [2.24, 2.45) is 7.05 Å². The van der Waals surface area contributed by atoms with E-state index >= 15 is 0 Å². The predicted octanol–water partition coefficient (Wildman–Crippen LogP) is 4.37. The normalized spacial score (nSPS) is 17.2. The van der Waals surface area contributed by atoms with Gasteiger partial charge in [0.1, 0.15) is 4.21 Å². The van der Waals surface area contributed by atoms with Gasteiger partial charge >= 0.3 is 0 Å². The van der Waals surface area contributed by atoms with Crippen molar-refractivity contribution in [1.29, 1.82) is 0 Å². The van der Waals surface area contributed by atoms with Gasteiger partial charge in [0.25, 0.3) is 10.0 Å². The summed E-state index contributed by atoms with van der Waals surface area (Å²) in [6.45, 7) is 3.24. The molecule has 138 valence electrons. The maximum absolute atomic E-state index is 12.9. The molecule has 1 aliphatic heterocycles. The van der Waals surface area contributed by atoms with Crippen LogP contribution in [0.4, 0.5) is 0 Å². The summed E-state index contributed by atoms with van der Waals surface area (Å²) in [4.78, 5) is 1.12. The minimum Gasteiger partial charge on any atom is -0.347 e. The second-order valence-corrected chi connectivity index (χ2v) is 10.3. The number of aryl methyl sites for hydroxylation is 2. The van der Waals surface area contributed by atoms with Crippen LogP contribution in [-0.4, -0.2) is 30.4 Å². The lowest BCUT2D eigenvalue weighted by Gasteiger charge is -2.31. The summed E-state index contributed by atoms with van der Waals surface area (Å²) in [7, 11) is -1.24. The van der Waals surface area contributed by atoms with Gasteiger partial charge in [-0.05, 0) is 48.9 Å². The zero-order valence-corrected chi connectivity index (χ0v) is 16.8. The monoisotopic (exact) mass is 388 g/mol. The van der Waals surface area contributed by atoms with Crippen LogP contribution in [-0.2, 0) is 23.5 Å². The predicted molar refractivity (Wildman–Crippen MR) is 107 cm³/mol. The van der Waals surface area contributed by atoms with E-state index in [0.29, 0.717) is 23.2 Å². The number of hydrogen-bond donors (Lipinski definition) is 0. The standard InChI is InChI=1S/C20H24N2O2S2/c1-3-17-8-9-20(25-17)26(23,24)22-12-10-15(11-13-22)19-14-16-6-4-5-7-18(16)21(19)2/h4-9,14-15H,3,10-13H2,1-2H3. The number of nitrogens with zero attached hydrogens (tertiary/aromatic N) is 2. The van der Waals surface area contributed by atoms with Gasteiger partial charge in [0.05, 0.1) is 0 Å². The van der Waals surface area contributed by atoms with Crippen LogP contribution in [0.15, 0.2) is 46.7 Å². The lowest BCUT2D eigenvalue weighted by Crippen LogP contribution is -2.37. The molecule has 0 aliphatic carbocycles. The van der Waals surface area contributed by atoms with Crippen LogP contribution >= 0.6 is 11.3 Å². The quantitative estimate of drug-likeness (QED) is 0.666. The SMILES string of the molecule is CCc1ccc(S(=O)(=O)N2CCC(c3cc4ccccc4n3C)CC2)s1. The minimum absolute atomic E-state index is 0.411. The molecule has 1 aromatic carbocycles. The molecular formula is C20H24N2O2S2. The van der Waals surface area contributed by atoms with E-state index in [1.54, 1.807) is 10.4 Å². The molecule has 0 radical (unpaired) electrons. The first kappa shape index (κ1) is 17.8. The molecule has 1 fully saturated rings. The summed E-state index contributed by atoms with van der Waals surface area (Å²) in [5.41, 5.74) is 2.55. The third-order valence-electron chi connectivity index (χ3n) is 5.44. The molecule has 0 amide bonds. The number of hydrogen-bond acceptors (Lipinski definition) is 3. The average Bonchev–Trinajstić information content (AvgIpc) is 3.28. The summed E-state index contributed by atoms with van der Waals surface area (Å²) in [6.07, 6.45) is 2.62. The number of rotatable bonds is 4. The molecule has 1 aliphatic rings. The minimum atomic E-state index is -3.35. The van der Waals surface area contributed by atoms with Crippen LogP contribution in [0.1, 0.15) is 36.3 Å². The van der Waals surface area contributed by atoms with Crippen LogP contribution in [0.5, 0.6) is 0 Å². The van der Waals surface area contributed by atoms with E-state index in [-0.39, 0.29) is 0 Å². The Bertz CT molecular complexity index is 1030. The van der Waals surface area contributed by atoms with Crippen LogP contribution in [0.3, 0.4) is 0 Å². The molecule has 0 bridgehead atoms. The maximum Gasteiger partial charge on any atom is 0.252 e. The topological polar surface area (TPSA) is 42.3 Å². The highest BCUT2D eigenvalue weighted by molar-refractivity contribution is 7.91. The fourth-order valence-corrected chi connectivity index (χ4v) is 6.83. The third-order valence-corrected chi connectivity index (χ3v) is 9.04. The molecule has 1 saturated heterocycles. The van der Waals surface area contributed by atoms with E-state index in [1.807, 2.05) is 6.07 Å². The van der Waals surface area contributed by atoms with Crippen molar-refractivity contribution in [3.8, 4) is 0 Å². The molecule has 4 rings (SSSR count). The highest BCUT2D eigenvalue weighted by Crippen LogP contribution is 2.34. The third kappa shape index (κ3) is 3.00. The van der Waals surface area contributed by atoms with Gasteiger partial charge in [-0.1, -0.05) is 25.1 Å². The summed E-state index contributed by atoms with van der Waals surface area (Å²) in [6, 6.07) is 14.4. The van der Waals surface area contributed by atoms with Gasteiger partial charge < -0.3 is 4.57 Å².